The van der Waals surface area contributed by atoms with Crippen LogP contribution >= 0.6 is 0 Å². The van der Waals surface area contributed by atoms with Crippen molar-refractivity contribution in [1.29, 1.82) is 0 Å². The highest BCUT2D eigenvalue weighted by atomic mass is 19.4. The second-order valence-electron chi connectivity index (χ2n) is 7.26. The van der Waals surface area contributed by atoms with Crippen molar-refractivity contribution in [2.24, 2.45) is 5.10 Å². The van der Waals surface area contributed by atoms with Crippen molar-refractivity contribution < 1.29 is 28.2 Å². The maximum atomic E-state index is 13.4. The molecule has 0 spiro atoms. The Kier molecular flexibility index (Phi) is 5.11. The van der Waals surface area contributed by atoms with E-state index >= 15 is 0 Å². The molecule has 1 aliphatic rings. The van der Waals surface area contributed by atoms with Gasteiger partial charge >= 0.3 is 6.18 Å². The maximum absolute atomic E-state index is 13.4. The molecule has 5 nitrogen and oxygen atoms in total. The first kappa shape index (κ1) is 20.2. The number of rotatable bonds is 3. The number of hydrogen-bond acceptors (Lipinski definition) is 4. The Labute approximate surface area is 150 Å². The van der Waals surface area contributed by atoms with Crippen LogP contribution in [0.25, 0.3) is 0 Å². The molecule has 0 radical (unpaired) electrons. The molecule has 26 heavy (non-hydrogen) atoms. The molecule has 0 fully saturated rings. The molecule has 1 aromatic rings. The zero-order valence-corrected chi connectivity index (χ0v) is 15.3. The van der Waals surface area contributed by atoms with Gasteiger partial charge in [0, 0.05) is 12.1 Å². The molecule has 1 amide bonds. The topological polar surface area (TPSA) is 73.1 Å². The van der Waals surface area contributed by atoms with Gasteiger partial charge in [0.1, 0.15) is 5.75 Å². The van der Waals surface area contributed by atoms with Gasteiger partial charge in [0.2, 0.25) is 0 Å². The molecule has 0 saturated heterocycles. The van der Waals surface area contributed by atoms with Crippen LogP contribution in [-0.2, 0) is 0 Å². The van der Waals surface area contributed by atoms with Crippen molar-refractivity contribution in [2.45, 2.75) is 64.8 Å². The van der Waals surface area contributed by atoms with Gasteiger partial charge in [-0.05, 0) is 36.0 Å². The van der Waals surface area contributed by atoms with Crippen molar-refractivity contribution in [1.82, 2.24) is 5.01 Å². The van der Waals surface area contributed by atoms with Crippen LogP contribution in [0.3, 0.4) is 0 Å². The number of carbonyl (C=O) groups is 1. The van der Waals surface area contributed by atoms with E-state index in [1.165, 1.54) is 13.0 Å². The number of amides is 1. The minimum atomic E-state index is -5.09. The van der Waals surface area contributed by atoms with Gasteiger partial charge in [-0.15, -0.1) is 0 Å². The van der Waals surface area contributed by atoms with Crippen LogP contribution in [0.15, 0.2) is 17.2 Å². The van der Waals surface area contributed by atoms with Crippen LogP contribution in [0.5, 0.6) is 5.75 Å². The number of hydrazone groups is 1. The van der Waals surface area contributed by atoms with Crippen molar-refractivity contribution in [2.75, 3.05) is 0 Å². The Hall–Kier alpha value is -2.09. The summed E-state index contributed by atoms with van der Waals surface area (Å²) in [5.74, 6) is -1.74. The fourth-order valence-corrected chi connectivity index (χ4v) is 2.88. The van der Waals surface area contributed by atoms with Crippen LogP contribution in [0, 0.1) is 0 Å². The molecule has 2 N–H and O–H groups in total. The highest BCUT2D eigenvalue weighted by Gasteiger charge is 2.63. The van der Waals surface area contributed by atoms with E-state index in [1.807, 2.05) is 13.8 Å². The number of nitrogens with zero attached hydrogens (tertiary/aromatic N) is 2. The first-order valence-corrected chi connectivity index (χ1v) is 8.34. The third kappa shape index (κ3) is 3.30. The van der Waals surface area contributed by atoms with Crippen molar-refractivity contribution in [3.8, 4) is 5.75 Å². The quantitative estimate of drug-likeness (QED) is 0.839. The van der Waals surface area contributed by atoms with Gasteiger partial charge in [-0.25, -0.2) is 0 Å². The molecule has 0 aromatic heterocycles. The smallest absolute Gasteiger partial charge is 0.438 e. The van der Waals surface area contributed by atoms with Gasteiger partial charge in [-0.3, -0.25) is 4.79 Å². The zero-order valence-electron chi connectivity index (χ0n) is 15.3. The zero-order chi connectivity index (χ0) is 20.0. The predicted molar refractivity (Wildman–Crippen MR) is 91.2 cm³/mol. The van der Waals surface area contributed by atoms with Gasteiger partial charge < -0.3 is 10.2 Å². The second kappa shape index (κ2) is 6.57. The number of carbonyl (C=O) groups excluding carboxylic acids is 1. The number of aliphatic hydroxyl groups is 1. The number of aromatic hydroxyl groups is 1. The summed E-state index contributed by atoms with van der Waals surface area (Å²) in [6.45, 7) is 8.65. The molecule has 0 aliphatic carbocycles. The van der Waals surface area contributed by atoms with Gasteiger partial charge in [0.05, 0.1) is 5.56 Å². The van der Waals surface area contributed by atoms with Crippen molar-refractivity contribution in [3.05, 3.63) is 28.8 Å². The SMILES string of the molecule is CC1=NN(C(=O)c2cc(C(C)C)cc(C(C)C)c2O)[C@](O)(C(F)(F)F)C1. The number of benzene rings is 1. The predicted octanol–water partition coefficient (Wildman–Crippen LogP) is 4.11. The Bertz CT molecular complexity index is 757. The minimum Gasteiger partial charge on any atom is -0.507 e. The first-order valence-electron chi connectivity index (χ1n) is 8.34. The number of hydrogen-bond donors (Lipinski definition) is 2. The van der Waals surface area contributed by atoms with Gasteiger partial charge in [-0.1, -0.05) is 33.8 Å². The number of phenolic OH excluding ortho intramolecular Hbond substituents is 1. The molecule has 0 unspecified atom stereocenters. The van der Waals surface area contributed by atoms with E-state index in [0.717, 1.165) is 0 Å². The summed E-state index contributed by atoms with van der Waals surface area (Å²) in [5.41, 5.74) is -2.60. The van der Waals surface area contributed by atoms with Gasteiger partial charge in [0.25, 0.3) is 11.6 Å². The number of phenols is 1. The molecule has 144 valence electrons. The molecule has 1 aliphatic heterocycles. The lowest BCUT2D eigenvalue weighted by atomic mass is 9.91. The lowest BCUT2D eigenvalue weighted by molar-refractivity contribution is -0.297. The van der Waals surface area contributed by atoms with E-state index in [9.17, 15) is 28.2 Å². The molecule has 1 atom stereocenters. The average Bonchev–Trinajstić information content (AvgIpc) is 2.82. The molecule has 1 aromatic carbocycles. The number of halogens is 3. The Morgan fingerprint density at radius 1 is 1.23 bits per heavy atom. The molecular weight excluding hydrogens is 349 g/mol. The summed E-state index contributed by atoms with van der Waals surface area (Å²) in [5, 5.41) is 24.2. The summed E-state index contributed by atoms with van der Waals surface area (Å²) in [4.78, 5) is 12.8. The summed E-state index contributed by atoms with van der Waals surface area (Å²) in [6.07, 6.45) is -5.92. The fraction of sp³-hybridized carbons (Fsp3) is 0.556. The van der Waals surface area contributed by atoms with E-state index in [4.69, 9.17) is 0 Å². The summed E-state index contributed by atoms with van der Waals surface area (Å²) >= 11 is 0. The normalized spacial score (nSPS) is 20.9. The van der Waals surface area contributed by atoms with Crippen molar-refractivity contribution in [3.63, 3.8) is 0 Å². The van der Waals surface area contributed by atoms with Crippen molar-refractivity contribution >= 4 is 11.6 Å². The molecule has 2 rings (SSSR count). The summed E-state index contributed by atoms with van der Waals surface area (Å²) < 4.78 is 40.1. The van der Waals surface area contributed by atoms with E-state index in [-0.39, 0.29) is 28.1 Å². The largest absolute Gasteiger partial charge is 0.507 e. The standard InChI is InChI=1S/C18H23F3N2O3/c1-9(2)12-6-13(10(3)4)15(24)14(7-12)16(25)23-17(26,18(19,20)21)8-11(5)22-23/h6-7,9-10,24,26H,8H2,1-5H3/t17-/m1/s1. The highest BCUT2D eigenvalue weighted by molar-refractivity contribution is 6.00. The molecular formula is C18H23F3N2O3. The lowest BCUT2D eigenvalue weighted by Crippen LogP contribution is -2.56. The average molecular weight is 372 g/mol. The third-order valence-corrected chi connectivity index (χ3v) is 4.45. The number of alkyl halides is 3. The maximum Gasteiger partial charge on any atom is 0.438 e. The molecule has 8 heteroatoms. The Balaban J connectivity index is 2.62. The Morgan fingerprint density at radius 2 is 1.81 bits per heavy atom. The van der Waals surface area contributed by atoms with E-state index < -0.39 is 30.0 Å². The third-order valence-electron chi connectivity index (χ3n) is 4.45. The summed E-state index contributed by atoms with van der Waals surface area (Å²) in [7, 11) is 0. The van der Waals surface area contributed by atoms with E-state index in [2.05, 4.69) is 5.10 Å². The lowest BCUT2D eigenvalue weighted by Gasteiger charge is -2.33. The molecule has 0 saturated carbocycles. The fourth-order valence-electron chi connectivity index (χ4n) is 2.88. The molecule has 1 heterocycles. The van der Waals surface area contributed by atoms with Gasteiger partial charge in [-0.2, -0.15) is 23.3 Å². The van der Waals surface area contributed by atoms with Crippen LogP contribution in [0.1, 0.15) is 74.4 Å². The molecule has 0 bridgehead atoms. The van der Waals surface area contributed by atoms with Crippen LogP contribution < -0.4 is 0 Å². The van der Waals surface area contributed by atoms with E-state index in [0.29, 0.717) is 11.1 Å². The van der Waals surface area contributed by atoms with E-state index in [1.54, 1.807) is 19.9 Å². The minimum absolute atomic E-state index is 0.00929. The second-order valence-corrected chi connectivity index (χ2v) is 7.26. The van der Waals surface area contributed by atoms with Crippen LogP contribution in [-0.4, -0.2) is 38.7 Å². The first-order chi connectivity index (χ1) is 11.8. The highest BCUT2D eigenvalue weighted by Crippen LogP contribution is 2.42. The Morgan fingerprint density at radius 3 is 2.27 bits per heavy atom. The monoisotopic (exact) mass is 372 g/mol. The summed E-state index contributed by atoms with van der Waals surface area (Å²) in [6, 6.07) is 3.09. The van der Waals surface area contributed by atoms with Crippen LogP contribution in [0.4, 0.5) is 13.2 Å². The van der Waals surface area contributed by atoms with Gasteiger partial charge in [0.15, 0.2) is 0 Å². The van der Waals surface area contributed by atoms with Crippen LogP contribution in [0.2, 0.25) is 0 Å².